The van der Waals surface area contributed by atoms with Crippen LogP contribution in [-0.4, -0.2) is 46.4 Å². The SMILES string of the molecule is O=C(c1cn2cc(-c3ccc(Cl)cc3)ccc2n1)N1CCN(c2ccccc2)CC1. The zero-order valence-corrected chi connectivity index (χ0v) is 17.2. The number of aromatic nitrogens is 2. The molecule has 30 heavy (non-hydrogen) atoms. The van der Waals surface area contributed by atoms with E-state index in [1.807, 2.05) is 76.3 Å². The molecule has 5 rings (SSSR count). The van der Waals surface area contributed by atoms with Crippen LogP contribution < -0.4 is 4.90 Å². The van der Waals surface area contributed by atoms with Crippen LogP contribution in [0.3, 0.4) is 0 Å². The molecule has 150 valence electrons. The second kappa shape index (κ2) is 7.84. The normalized spacial score (nSPS) is 14.3. The summed E-state index contributed by atoms with van der Waals surface area (Å²) in [6.45, 7) is 3.03. The number of hydrogen-bond acceptors (Lipinski definition) is 3. The van der Waals surface area contributed by atoms with Crippen LogP contribution in [0.5, 0.6) is 0 Å². The molecule has 6 heteroatoms. The number of benzene rings is 2. The molecule has 0 radical (unpaired) electrons. The first kappa shape index (κ1) is 18.7. The molecule has 3 heterocycles. The molecule has 1 aliphatic rings. The van der Waals surface area contributed by atoms with E-state index in [-0.39, 0.29) is 5.91 Å². The minimum absolute atomic E-state index is 0.0144. The Hall–Kier alpha value is -3.31. The summed E-state index contributed by atoms with van der Waals surface area (Å²) in [6, 6.07) is 22.0. The van der Waals surface area contributed by atoms with Crippen LogP contribution in [0.2, 0.25) is 5.02 Å². The third-order valence-corrected chi connectivity index (χ3v) is 5.79. The Balaban J connectivity index is 1.32. The second-order valence-electron chi connectivity index (χ2n) is 7.43. The highest BCUT2D eigenvalue weighted by molar-refractivity contribution is 6.30. The fourth-order valence-corrected chi connectivity index (χ4v) is 4.00. The molecular formula is C24H21ClN4O. The summed E-state index contributed by atoms with van der Waals surface area (Å²) in [7, 11) is 0. The highest BCUT2D eigenvalue weighted by atomic mass is 35.5. The van der Waals surface area contributed by atoms with Crippen LogP contribution in [0.4, 0.5) is 5.69 Å². The maximum Gasteiger partial charge on any atom is 0.274 e. The Kier molecular flexibility index (Phi) is 4.89. The third kappa shape index (κ3) is 3.64. The first-order chi connectivity index (χ1) is 14.7. The lowest BCUT2D eigenvalue weighted by Gasteiger charge is -2.35. The summed E-state index contributed by atoms with van der Waals surface area (Å²) in [5.74, 6) is -0.0144. The van der Waals surface area contributed by atoms with E-state index in [1.54, 1.807) is 0 Å². The van der Waals surface area contributed by atoms with Crippen molar-refractivity contribution in [1.82, 2.24) is 14.3 Å². The van der Waals surface area contributed by atoms with Gasteiger partial charge in [-0.05, 0) is 47.5 Å². The van der Waals surface area contributed by atoms with Crippen LogP contribution in [0.25, 0.3) is 16.8 Å². The fourth-order valence-electron chi connectivity index (χ4n) is 3.88. The molecule has 0 N–H and O–H groups in total. The molecule has 0 spiro atoms. The largest absolute Gasteiger partial charge is 0.368 e. The number of amides is 1. The zero-order chi connectivity index (χ0) is 20.5. The molecule has 0 unspecified atom stereocenters. The van der Waals surface area contributed by atoms with Crippen molar-refractivity contribution >= 4 is 28.8 Å². The number of pyridine rings is 1. The van der Waals surface area contributed by atoms with Crippen molar-refractivity contribution in [2.24, 2.45) is 0 Å². The van der Waals surface area contributed by atoms with Gasteiger partial charge in [0.2, 0.25) is 0 Å². The predicted octanol–water partition coefficient (Wildman–Crippen LogP) is 4.62. The summed E-state index contributed by atoms with van der Waals surface area (Å²) >= 11 is 5.99. The molecule has 1 amide bonds. The highest BCUT2D eigenvalue weighted by Gasteiger charge is 2.24. The number of fused-ring (bicyclic) bond motifs is 1. The van der Waals surface area contributed by atoms with Crippen LogP contribution in [0, 0.1) is 0 Å². The third-order valence-electron chi connectivity index (χ3n) is 5.54. The first-order valence-corrected chi connectivity index (χ1v) is 10.4. The Morgan fingerprint density at radius 1 is 0.800 bits per heavy atom. The monoisotopic (exact) mass is 416 g/mol. The Bertz CT molecular complexity index is 1180. The van der Waals surface area contributed by atoms with Gasteiger partial charge in [0, 0.05) is 49.3 Å². The van der Waals surface area contributed by atoms with Gasteiger partial charge in [-0.2, -0.15) is 0 Å². The average Bonchev–Trinajstić information content (AvgIpc) is 3.23. The number of rotatable bonds is 3. The lowest BCUT2D eigenvalue weighted by atomic mass is 10.1. The Morgan fingerprint density at radius 2 is 1.50 bits per heavy atom. The van der Waals surface area contributed by atoms with E-state index in [1.165, 1.54) is 5.69 Å². The summed E-state index contributed by atoms with van der Waals surface area (Å²) in [4.78, 5) is 21.8. The van der Waals surface area contributed by atoms with Gasteiger partial charge < -0.3 is 14.2 Å². The summed E-state index contributed by atoms with van der Waals surface area (Å²) in [5.41, 5.74) is 4.56. The number of nitrogens with zero attached hydrogens (tertiary/aromatic N) is 4. The van der Waals surface area contributed by atoms with Crippen LogP contribution >= 0.6 is 11.6 Å². The molecule has 0 saturated carbocycles. The van der Waals surface area contributed by atoms with Crippen molar-refractivity contribution in [3.63, 3.8) is 0 Å². The van der Waals surface area contributed by atoms with Crippen LogP contribution in [0.1, 0.15) is 10.5 Å². The van der Waals surface area contributed by atoms with Gasteiger partial charge in [-0.1, -0.05) is 41.9 Å². The Morgan fingerprint density at radius 3 is 2.23 bits per heavy atom. The molecule has 2 aromatic heterocycles. The van der Waals surface area contributed by atoms with Crippen LogP contribution in [-0.2, 0) is 0 Å². The number of imidazole rings is 1. The van der Waals surface area contributed by atoms with Crippen molar-refractivity contribution in [3.05, 3.63) is 89.8 Å². The predicted molar refractivity (Wildman–Crippen MR) is 120 cm³/mol. The van der Waals surface area contributed by atoms with Crippen molar-refractivity contribution in [3.8, 4) is 11.1 Å². The maximum absolute atomic E-state index is 13.0. The Labute approximate surface area is 180 Å². The van der Waals surface area contributed by atoms with E-state index in [0.717, 1.165) is 29.9 Å². The standard InChI is InChI=1S/C24H21ClN4O/c25-20-9-6-18(7-10-20)19-8-11-23-26-22(17-29(23)16-19)24(30)28-14-12-27(13-15-28)21-4-2-1-3-5-21/h1-11,16-17H,12-15H2. The smallest absolute Gasteiger partial charge is 0.274 e. The number of anilines is 1. The maximum atomic E-state index is 13.0. The van der Waals surface area contributed by atoms with E-state index in [4.69, 9.17) is 11.6 Å². The van der Waals surface area contributed by atoms with Gasteiger partial charge in [0.1, 0.15) is 11.3 Å². The number of carbonyl (C=O) groups is 1. The number of carbonyl (C=O) groups excluding carboxylic acids is 1. The molecule has 1 saturated heterocycles. The molecule has 4 aromatic rings. The molecule has 0 bridgehead atoms. The summed E-state index contributed by atoms with van der Waals surface area (Å²) < 4.78 is 1.91. The minimum Gasteiger partial charge on any atom is -0.368 e. The van der Waals surface area contributed by atoms with Gasteiger partial charge in [-0.15, -0.1) is 0 Å². The van der Waals surface area contributed by atoms with Crippen molar-refractivity contribution < 1.29 is 4.79 Å². The number of hydrogen-bond donors (Lipinski definition) is 0. The number of piperazine rings is 1. The van der Waals surface area contributed by atoms with E-state index in [9.17, 15) is 4.79 Å². The summed E-state index contributed by atoms with van der Waals surface area (Å²) in [6.07, 6.45) is 3.82. The van der Waals surface area contributed by atoms with Gasteiger partial charge in [0.05, 0.1) is 0 Å². The van der Waals surface area contributed by atoms with Crippen molar-refractivity contribution in [2.75, 3.05) is 31.1 Å². The van der Waals surface area contributed by atoms with Gasteiger partial charge in [-0.3, -0.25) is 4.79 Å². The summed E-state index contributed by atoms with van der Waals surface area (Å²) in [5, 5.41) is 0.711. The minimum atomic E-state index is -0.0144. The van der Waals surface area contributed by atoms with Crippen molar-refractivity contribution in [1.29, 1.82) is 0 Å². The van der Waals surface area contributed by atoms with E-state index >= 15 is 0 Å². The molecule has 0 aliphatic carbocycles. The number of para-hydroxylation sites is 1. The van der Waals surface area contributed by atoms with Gasteiger partial charge in [-0.25, -0.2) is 4.98 Å². The average molecular weight is 417 g/mol. The van der Waals surface area contributed by atoms with E-state index in [2.05, 4.69) is 22.0 Å². The van der Waals surface area contributed by atoms with Gasteiger partial charge in [0.15, 0.2) is 0 Å². The molecule has 0 atom stereocenters. The quantitative estimate of drug-likeness (QED) is 0.489. The van der Waals surface area contributed by atoms with Crippen molar-refractivity contribution in [2.45, 2.75) is 0 Å². The lowest BCUT2D eigenvalue weighted by molar-refractivity contribution is 0.0741. The molecule has 1 fully saturated rings. The molecule has 5 nitrogen and oxygen atoms in total. The zero-order valence-electron chi connectivity index (χ0n) is 16.4. The fraction of sp³-hybridized carbons (Fsp3) is 0.167. The van der Waals surface area contributed by atoms with Gasteiger partial charge >= 0.3 is 0 Å². The second-order valence-corrected chi connectivity index (χ2v) is 7.87. The topological polar surface area (TPSA) is 40.9 Å². The van der Waals surface area contributed by atoms with E-state index in [0.29, 0.717) is 23.8 Å². The van der Waals surface area contributed by atoms with Gasteiger partial charge in [0.25, 0.3) is 5.91 Å². The van der Waals surface area contributed by atoms with Crippen LogP contribution in [0.15, 0.2) is 79.1 Å². The van der Waals surface area contributed by atoms with E-state index < -0.39 is 0 Å². The lowest BCUT2D eigenvalue weighted by Crippen LogP contribution is -2.48. The molecule has 1 aliphatic heterocycles. The number of halogens is 1. The molecule has 2 aromatic carbocycles. The first-order valence-electron chi connectivity index (χ1n) is 10.0. The molecular weight excluding hydrogens is 396 g/mol. The highest BCUT2D eigenvalue weighted by Crippen LogP contribution is 2.23.